The third kappa shape index (κ3) is 3.92. The molecule has 0 unspecified atom stereocenters. The van der Waals surface area contributed by atoms with Crippen molar-refractivity contribution in [2.75, 3.05) is 17.7 Å². The molecule has 0 saturated heterocycles. The number of hydrogen-bond donors (Lipinski definition) is 2. The standard InChI is InChI=1S/C24H30N6O3/c1-5-10-24(11-6-2)29(4)23(33)20-15(7-3)12-17(22(32)30(20)24)27-18-13-19(26-14-25-18)28-21(31)16-8-9-16/h7,12-14,16H,3,5-6,8-11H2,1-2,4H3,(H2,25,26,27,28,31). The van der Waals surface area contributed by atoms with Gasteiger partial charge in [0.25, 0.3) is 11.5 Å². The van der Waals surface area contributed by atoms with Gasteiger partial charge in [-0.25, -0.2) is 9.97 Å². The average molecular weight is 451 g/mol. The Kier molecular flexibility index (Phi) is 6.05. The van der Waals surface area contributed by atoms with Crippen LogP contribution in [0.15, 0.2) is 29.8 Å². The Hall–Kier alpha value is -3.49. The summed E-state index contributed by atoms with van der Waals surface area (Å²) in [5.41, 5.74) is 0.214. The van der Waals surface area contributed by atoms with E-state index in [9.17, 15) is 14.4 Å². The summed E-state index contributed by atoms with van der Waals surface area (Å²) in [5.74, 6) is 0.556. The van der Waals surface area contributed by atoms with Crippen LogP contribution in [0.3, 0.4) is 0 Å². The molecule has 9 nitrogen and oxygen atoms in total. The molecule has 0 spiro atoms. The van der Waals surface area contributed by atoms with Gasteiger partial charge in [-0.15, -0.1) is 0 Å². The number of amides is 2. The van der Waals surface area contributed by atoms with Crippen molar-refractivity contribution in [1.29, 1.82) is 0 Å². The van der Waals surface area contributed by atoms with Gasteiger partial charge in [0.15, 0.2) is 0 Å². The molecule has 1 saturated carbocycles. The topological polar surface area (TPSA) is 109 Å². The third-order valence-corrected chi connectivity index (χ3v) is 6.43. The number of hydrogen-bond acceptors (Lipinski definition) is 6. The second-order valence-electron chi connectivity index (χ2n) is 8.73. The summed E-state index contributed by atoms with van der Waals surface area (Å²) in [6.45, 7) is 7.97. The maximum Gasteiger partial charge on any atom is 0.276 e. The van der Waals surface area contributed by atoms with Crippen LogP contribution in [0.5, 0.6) is 0 Å². The van der Waals surface area contributed by atoms with Crippen molar-refractivity contribution < 1.29 is 9.59 Å². The maximum atomic E-state index is 13.7. The van der Waals surface area contributed by atoms with E-state index in [0.29, 0.717) is 35.7 Å². The Morgan fingerprint density at radius 2 is 1.85 bits per heavy atom. The Morgan fingerprint density at radius 3 is 2.45 bits per heavy atom. The largest absolute Gasteiger partial charge is 0.336 e. The molecule has 0 bridgehead atoms. The monoisotopic (exact) mass is 450 g/mol. The van der Waals surface area contributed by atoms with Gasteiger partial charge >= 0.3 is 0 Å². The zero-order valence-corrected chi connectivity index (χ0v) is 19.4. The SMILES string of the molecule is C=Cc1cc(Nc2cc(NC(=O)C3CC3)ncn2)c(=O)n2c1C(=O)N(C)C2(CCC)CCC. The summed E-state index contributed by atoms with van der Waals surface area (Å²) in [5, 5.41) is 5.86. The fraction of sp³-hybridized carbons (Fsp3) is 0.458. The molecular formula is C24H30N6O3. The lowest BCUT2D eigenvalue weighted by Gasteiger charge is -2.37. The van der Waals surface area contributed by atoms with E-state index in [1.54, 1.807) is 34.7 Å². The first-order valence-corrected chi connectivity index (χ1v) is 11.5. The Morgan fingerprint density at radius 1 is 1.18 bits per heavy atom. The van der Waals surface area contributed by atoms with Gasteiger partial charge < -0.3 is 15.5 Å². The number of rotatable bonds is 9. The number of pyridine rings is 1. The minimum absolute atomic E-state index is 0.0488. The molecule has 1 fully saturated rings. The molecule has 2 aromatic rings. The average Bonchev–Trinajstić information content (AvgIpc) is 3.62. The van der Waals surface area contributed by atoms with Crippen molar-refractivity contribution in [2.24, 2.45) is 5.92 Å². The van der Waals surface area contributed by atoms with Crippen LogP contribution in [-0.4, -0.2) is 38.3 Å². The predicted octanol–water partition coefficient (Wildman–Crippen LogP) is 3.71. The first-order chi connectivity index (χ1) is 15.9. The lowest BCUT2D eigenvalue weighted by molar-refractivity contribution is -0.117. The number of nitrogens with one attached hydrogen (secondary N) is 2. The zero-order chi connectivity index (χ0) is 23.8. The van der Waals surface area contributed by atoms with E-state index in [2.05, 4.69) is 27.2 Å². The van der Waals surface area contributed by atoms with Gasteiger partial charge in [0.2, 0.25) is 5.91 Å². The molecule has 33 heavy (non-hydrogen) atoms. The van der Waals surface area contributed by atoms with E-state index >= 15 is 0 Å². The minimum Gasteiger partial charge on any atom is -0.336 e. The number of nitrogens with zero attached hydrogens (tertiary/aromatic N) is 4. The highest BCUT2D eigenvalue weighted by Gasteiger charge is 2.48. The number of carbonyl (C=O) groups is 2. The summed E-state index contributed by atoms with van der Waals surface area (Å²) < 4.78 is 1.64. The van der Waals surface area contributed by atoms with Crippen LogP contribution >= 0.6 is 0 Å². The summed E-state index contributed by atoms with van der Waals surface area (Å²) in [7, 11) is 1.76. The van der Waals surface area contributed by atoms with E-state index in [-0.39, 0.29) is 29.0 Å². The molecule has 4 rings (SSSR count). The van der Waals surface area contributed by atoms with Crippen molar-refractivity contribution in [1.82, 2.24) is 19.4 Å². The summed E-state index contributed by atoms with van der Waals surface area (Å²) in [6, 6.07) is 3.22. The number of fused-ring (bicyclic) bond motifs is 1. The van der Waals surface area contributed by atoms with Crippen LogP contribution in [0, 0.1) is 5.92 Å². The molecule has 2 N–H and O–H groups in total. The highest BCUT2D eigenvalue weighted by molar-refractivity contribution is 5.99. The van der Waals surface area contributed by atoms with Gasteiger partial charge in [-0.05, 0) is 31.7 Å². The smallest absolute Gasteiger partial charge is 0.276 e. The van der Waals surface area contributed by atoms with Crippen LogP contribution in [0.1, 0.15) is 68.4 Å². The number of aromatic nitrogens is 3. The second kappa shape index (κ2) is 8.80. The van der Waals surface area contributed by atoms with Crippen molar-refractivity contribution in [3.8, 4) is 0 Å². The molecule has 3 heterocycles. The number of carbonyl (C=O) groups excluding carboxylic acids is 2. The van der Waals surface area contributed by atoms with Crippen LogP contribution in [0.25, 0.3) is 6.08 Å². The lowest BCUT2D eigenvalue weighted by Crippen LogP contribution is -2.48. The van der Waals surface area contributed by atoms with Crippen molar-refractivity contribution in [2.45, 2.75) is 58.0 Å². The van der Waals surface area contributed by atoms with Crippen molar-refractivity contribution >= 4 is 35.2 Å². The summed E-state index contributed by atoms with van der Waals surface area (Å²) >= 11 is 0. The molecule has 0 atom stereocenters. The van der Waals surface area contributed by atoms with Gasteiger partial charge in [-0.3, -0.25) is 19.0 Å². The highest BCUT2D eigenvalue weighted by Crippen LogP contribution is 2.40. The van der Waals surface area contributed by atoms with Gasteiger partial charge in [-0.2, -0.15) is 0 Å². The Labute approximate surface area is 192 Å². The predicted molar refractivity (Wildman–Crippen MR) is 127 cm³/mol. The molecule has 1 aliphatic heterocycles. The van der Waals surface area contributed by atoms with Gasteiger partial charge in [0.1, 0.15) is 35.0 Å². The van der Waals surface area contributed by atoms with E-state index in [1.807, 2.05) is 13.8 Å². The quantitative estimate of drug-likeness (QED) is 0.603. The lowest BCUT2D eigenvalue weighted by atomic mass is 9.97. The first kappa shape index (κ1) is 22.7. The van der Waals surface area contributed by atoms with Crippen LogP contribution in [0.2, 0.25) is 0 Å². The molecule has 2 aromatic heterocycles. The Balaban J connectivity index is 1.77. The Bertz CT molecular complexity index is 1160. The summed E-state index contributed by atoms with van der Waals surface area (Å²) in [4.78, 5) is 49.0. The van der Waals surface area contributed by atoms with Crippen molar-refractivity contribution in [3.63, 3.8) is 0 Å². The van der Waals surface area contributed by atoms with E-state index in [0.717, 1.165) is 25.7 Å². The maximum absolute atomic E-state index is 13.7. The molecular weight excluding hydrogens is 420 g/mol. The van der Waals surface area contributed by atoms with Crippen molar-refractivity contribution in [3.05, 3.63) is 46.7 Å². The molecule has 2 amide bonds. The second-order valence-corrected chi connectivity index (χ2v) is 8.73. The van der Waals surface area contributed by atoms with E-state index in [4.69, 9.17) is 0 Å². The molecule has 0 aromatic carbocycles. The van der Waals surface area contributed by atoms with Gasteiger partial charge in [0.05, 0.1) is 0 Å². The third-order valence-electron chi connectivity index (χ3n) is 6.43. The summed E-state index contributed by atoms with van der Waals surface area (Å²) in [6.07, 6.45) is 7.69. The van der Waals surface area contributed by atoms with Gasteiger partial charge in [0, 0.05) is 24.6 Å². The fourth-order valence-electron chi connectivity index (χ4n) is 4.69. The molecule has 2 aliphatic rings. The first-order valence-electron chi connectivity index (χ1n) is 11.5. The highest BCUT2D eigenvalue weighted by atomic mass is 16.2. The van der Waals surface area contributed by atoms with Crippen LogP contribution in [0.4, 0.5) is 17.3 Å². The van der Waals surface area contributed by atoms with Crippen LogP contribution in [-0.2, 0) is 10.5 Å². The fourth-order valence-corrected chi connectivity index (χ4v) is 4.69. The molecule has 174 valence electrons. The van der Waals surface area contributed by atoms with Crippen LogP contribution < -0.4 is 16.2 Å². The molecule has 9 heteroatoms. The minimum atomic E-state index is -0.725. The molecule has 1 aliphatic carbocycles. The van der Waals surface area contributed by atoms with E-state index in [1.165, 1.54) is 6.33 Å². The molecule has 0 radical (unpaired) electrons. The zero-order valence-electron chi connectivity index (χ0n) is 19.4. The van der Waals surface area contributed by atoms with Gasteiger partial charge in [-0.1, -0.05) is 39.3 Å². The number of anilines is 3. The van der Waals surface area contributed by atoms with E-state index < -0.39 is 5.66 Å². The normalized spacial score (nSPS) is 16.5.